The lowest BCUT2D eigenvalue weighted by atomic mass is 10.5. The zero-order valence-electron chi connectivity index (χ0n) is 7.58. The van der Waals surface area contributed by atoms with Crippen LogP contribution in [0.3, 0.4) is 0 Å². The summed E-state index contributed by atoms with van der Waals surface area (Å²) >= 11 is 1.86. The first kappa shape index (κ1) is 9.45. The third-order valence-corrected chi connectivity index (χ3v) is 2.56. The fourth-order valence-corrected chi connectivity index (χ4v) is 1.57. The maximum Gasteiger partial charge on any atom is 0.200 e. The summed E-state index contributed by atoms with van der Waals surface area (Å²) in [6.45, 7) is 5.11. The van der Waals surface area contributed by atoms with Crippen LogP contribution in [0.5, 0.6) is 0 Å². The van der Waals surface area contributed by atoms with Crippen molar-refractivity contribution < 1.29 is 0 Å². The minimum atomic E-state index is 0.629. The number of thioether (sulfide) groups is 1. The second-order valence-corrected chi connectivity index (χ2v) is 3.79. The van der Waals surface area contributed by atoms with Gasteiger partial charge in [0, 0.05) is 18.5 Å². The molecule has 68 valence electrons. The molecule has 1 aromatic heterocycles. The second kappa shape index (κ2) is 4.40. The molecule has 0 radical (unpaired) electrons. The molecule has 0 bridgehead atoms. The van der Waals surface area contributed by atoms with Gasteiger partial charge in [-0.15, -0.1) is 0 Å². The number of nitrogen functional groups attached to an aromatic ring is 1. The molecule has 0 unspecified atom stereocenters. The van der Waals surface area contributed by atoms with Gasteiger partial charge in [0.25, 0.3) is 0 Å². The monoisotopic (exact) mass is 185 g/mol. The van der Waals surface area contributed by atoms with Crippen molar-refractivity contribution in [1.29, 1.82) is 0 Å². The van der Waals surface area contributed by atoms with Crippen molar-refractivity contribution in [2.75, 3.05) is 11.5 Å². The molecule has 0 spiro atoms. The van der Waals surface area contributed by atoms with Crippen molar-refractivity contribution in [3.05, 3.63) is 11.9 Å². The third kappa shape index (κ3) is 2.17. The highest BCUT2D eigenvalue weighted by molar-refractivity contribution is 7.98. The molecule has 0 saturated heterocycles. The summed E-state index contributed by atoms with van der Waals surface area (Å²) in [6, 6.07) is 0. The Hall–Kier alpha value is -0.640. The predicted octanol–water partition coefficient (Wildman–Crippen LogP) is 1.74. The highest BCUT2D eigenvalue weighted by Crippen LogP contribution is 2.12. The lowest BCUT2D eigenvalue weighted by molar-refractivity contribution is 0.773. The Balaban J connectivity index is 2.62. The van der Waals surface area contributed by atoms with E-state index >= 15 is 0 Å². The molecule has 0 aliphatic heterocycles. The van der Waals surface area contributed by atoms with Gasteiger partial charge in [0.05, 0.1) is 5.69 Å². The van der Waals surface area contributed by atoms with Crippen LogP contribution in [0.2, 0.25) is 0 Å². The van der Waals surface area contributed by atoms with Crippen LogP contribution in [0.25, 0.3) is 0 Å². The first-order chi connectivity index (χ1) is 5.77. The van der Waals surface area contributed by atoms with Crippen molar-refractivity contribution in [1.82, 2.24) is 9.55 Å². The van der Waals surface area contributed by atoms with Gasteiger partial charge in [0.1, 0.15) is 0 Å². The number of rotatable bonds is 4. The van der Waals surface area contributed by atoms with Gasteiger partial charge in [-0.2, -0.15) is 11.8 Å². The van der Waals surface area contributed by atoms with Gasteiger partial charge in [-0.05, 0) is 12.7 Å². The van der Waals surface area contributed by atoms with Crippen molar-refractivity contribution in [3.63, 3.8) is 0 Å². The van der Waals surface area contributed by atoms with E-state index in [1.54, 1.807) is 0 Å². The molecular formula is C8H15N3S. The molecule has 1 aromatic rings. The average Bonchev–Trinajstić information content (AvgIpc) is 2.43. The molecule has 0 atom stereocenters. The molecule has 2 N–H and O–H groups in total. The van der Waals surface area contributed by atoms with E-state index in [2.05, 4.69) is 18.8 Å². The SMILES string of the molecule is CCSCc1cn(CC)c(N)n1. The molecule has 0 fully saturated rings. The Kier molecular flexibility index (Phi) is 3.47. The molecule has 12 heavy (non-hydrogen) atoms. The standard InChI is InChI=1S/C8H15N3S/c1-3-11-5-7(6-12-4-2)10-8(11)9/h5H,3-4,6H2,1-2H3,(H2,9,10). The first-order valence-electron chi connectivity index (χ1n) is 4.17. The predicted molar refractivity (Wildman–Crippen MR) is 54.1 cm³/mol. The fraction of sp³-hybridized carbons (Fsp3) is 0.625. The molecule has 1 heterocycles. The van der Waals surface area contributed by atoms with Crippen molar-refractivity contribution in [3.8, 4) is 0 Å². The van der Waals surface area contributed by atoms with Crippen molar-refractivity contribution >= 4 is 17.7 Å². The molecule has 0 amide bonds. The smallest absolute Gasteiger partial charge is 0.200 e. The molecule has 3 nitrogen and oxygen atoms in total. The van der Waals surface area contributed by atoms with Gasteiger partial charge in [0.15, 0.2) is 5.95 Å². The fourth-order valence-electron chi connectivity index (χ4n) is 1.02. The summed E-state index contributed by atoms with van der Waals surface area (Å²) in [5, 5.41) is 0. The van der Waals surface area contributed by atoms with Gasteiger partial charge in [-0.25, -0.2) is 4.98 Å². The highest BCUT2D eigenvalue weighted by Gasteiger charge is 2.01. The number of hydrogen-bond acceptors (Lipinski definition) is 3. The van der Waals surface area contributed by atoms with Crippen LogP contribution >= 0.6 is 11.8 Å². The molecule has 0 aliphatic rings. The van der Waals surface area contributed by atoms with E-state index in [-0.39, 0.29) is 0 Å². The average molecular weight is 185 g/mol. The van der Waals surface area contributed by atoms with Gasteiger partial charge < -0.3 is 10.3 Å². The second-order valence-electron chi connectivity index (χ2n) is 2.51. The largest absolute Gasteiger partial charge is 0.369 e. The minimum Gasteiger partial charge on any atom is -0.369 e. The van der Waals surface area contributed by atoms with Gasteiger partial charge in [-0.3, -0.25) is 0 Å². The molecular weight excluding hydrogens is 170 g/mol. The van der Waals surface area contributed by atoms with Crippen LogP contribution < -0.4 is 5.73 Å². The zero-order chi connectivity index (χ0) is 8.97. The molecule has 0 aliphatic carbocycles. The molecule has 0 aromatic carbocycles. The normalized spacial score (nSPS) is 10.5. The summed E-state index contributed by atoms with van der Waals surface area (Å²) in [7, 11) is 0. The van der Waals surface area contributed by atoms with E-state index in [9.17, 15) is 0 Å². The number of anilines is 1. The number of nitrogens with two attached hydrogens (primary N) is 1. The van der Waals surface area contributed by atoms with Crippen LogP contribution in [0.4, 0.5) is 5.95 Å². The topological polar surface area (TPSA) is 43.8 Å². The van der Waals surface area contributed by atoms with Crippen molar-refractivity contribution in [2.45, 2.75) is 26.1 Å². The Morgan fingerprint density at radius 1 is 1.58 bits per heavy atom. The van der Waals surface area contributed by atoms with Gasteiger partial charge in [0.2, 0.25) is 0 Å². The van der Waals surface area contributed by atoms with Crippen molar-refractivity contribution in [2.24, 2.45) is 0 Å². The summed E-state index contributed by atoms with van der Waals surface area (Å²) in [5.74, 6) is 2.72. The number of hydrogen-bond donors (Lipinski definition) is 1. The third-order valence-electron chi connectivity index (χ3n) is 1.65. The first-order valence-corrected chi connectivity index (χ1v) is 5.32. The van der Waals surface area contributed by atoms with E-state index in [1.165, 1.54) is 0 Å². The van der Waals surface area contributed by atoms with E-state index in [0.717, 1.165) is 23.7 Å². The van der Waals surface area contributed by atoms with Crippen LogP contribution in [0.15, 0.2) is 6.20 Å². The molecule has 4 heteroatoms. The number of aromatic nitrogens is 2. The van der Waals surface area contributed by atoms with Crippen LogP contribution in [-0.4, -0.2) is 15.3 Å². The highest BCUT2D eigenvalue weighted by atomic mass is 32.2. The quantitative estimate of drug-likeness (QED) is 0.777. The number of aryl methyl sites for hydroxylation is 1. The molecule has 0 saturated carbocycles. The Bertz CT molecular complexity index is 244. The molecule has 1 rings (SSSR count). The Morgan fingerprint density at radius 3 is 2.83 bits per heavy atom. The van der Waals surface area contributed by atoms with Crippen LogP contribution in [0.1, 0.15) is 19.5 Å². The lowest BCUT2D eigenvalue weighted by Gasteiger charge is -1.95. The van der Waals surface area contributed by atoms with Gasteiger partial charge >= 0.3 is 0 Å². The Labute approximate surface area is 77.4 Å². The van der Waals surface area contributed by atoms with E-state index in [1.807, 2.05) is 22.5 Å². The summed E-state index contributed by atoms with van der Waals surface area (Å²) in [4.78, 5) is 4.24. The minimum absolute atomic E-state index is 0.629. The van der Waals surface area contributed by atoms with Crippen LogP contribution in [-0.2, 0) is 12.3 Å². The summed E-state index contributed by atoms with van der Waals surface area (Å²) < 4.78 is 1.96. The maximum atomic E-state index is 5.67. The maximum absolute atomic E-state index is 5.67. The number of nitrogens with zero attached hydrogens (tertiary/aromatic N) is 2. The summed E-state index contributed by atoms with van der Waals surface area (Å²) in [5.41, 5.74) is 6.75. The van der Waals surface area contributed by atoms with Gasteiger partial charge in [-0.1, -0.05) is 6.92 Å². The van der Waals surface area contributed by atoms with E-state index < -0.39 is 0 Å². The van der Waals surface area contributed by atoms with E-state index in [0.29, 0.717) is 5.95 Å². The summed E-state index contributed by atoms with van der Waals surface area (Å²) in [6.07, 6.45) is 2.03. The lowest BCUT2D eigenvalue weighted by Crippen LogP contribution is -1.98. The van der Waals surface area contributed by atoms with E-state index in [4.69, 9.17) is 5.73 Å². The number of imidazole rings is 1. The Morgan fingerprint density at radius 2 is 2.33 bits per heavy atom. The zero-order valence-corrected chi connectivity index (χ0v) is 8.40. The van der Waals surface area contributed by atoms with Crippen LogP contribution in [0, 0.1) is 0 Å².